The fourth-order valence-corrected chi connectivity index (χ4v) is 3.36. The van der Waals surface area contributed by atoms with Crippen LogP contribution in [0.25, 0.3) is 0 Å². The molecule has 2 amide bonds. The molecule has 29 heavy (non-hydrogen) atoms. The average molecular weight is 526 g/mol. The number of nitrogens with one attached hydrogen (secondary N) is 1. The molecule has 156 valence electrons. The number of hydrogen-bond acceptors (Lipinski definition) is 3. The summed E-state index contributed by atoms with van der Waals surface area (Å²) in [6.07, 6.45) is 0. The number of carbonyl (C=O) groups excluding carboxylic acids is 2. The third-order valence-electron chi connectivity index (χ3n) is 4.08. The Morgan fingerprint density at radius 2 is 1.72 bits per heavy atom. The number of halogens is 2. The smallest absolute Gasteiger partial charge is 0.261 e. The van der Waals surface area contributed by atoms with E-state index in [0.717, 1.165) is 14.5 Å². The first kappa shape index (κ1) is 23.4. The molecule has 2 aromatic rings. The van der Waals surface area contributed by atoms with Crippen LogP contribution in [0.15, 0.2) is 57.5 Å². The van der Waals surface area contributed by atoms with E-state index in [-0.39, 0.29) is 24.0 Å². The van der Waals surface area contributed by atoms with E-state index in [2.05, 4.69) is 37.2 Å². The first-order valence-electron chi connectivity index (χ1n) is 9.29. The summed E-state index contributed by atoms with van der Waals surface area (Å²) in [4.78, 5) is 27.2. The highest BCUT2D eigenvalue weighted by Gasteiger charge is 2.28. The van der Waals surface area contributed by atoms with Crippen molar-refractivity contribution < 1.29 is 14.3 Å². The standard InChI is InChI=1S/C22H26Br2N2O3/c1-15(21(28)25-22(2,3)4)26(13-16-6-5-7-18(24)12-16)20(27)14-29-19-10-8-17(23)9-11-19/h5-12,15H,13-14H2,1-4H3,(H,25,28)/t15-/m0/s1. The second kappa shape index (κ2) is 10.3. The number of benzene rings is 2. The minimum absolute atomic E-state index is 0.150. The molecule has 0 bridgehead atoms. The highest BCUT2D eigenvalue weighted by molar-refractivity contribution is 9.10. The molecule has 0 aromatic heterocycles. The van der Waals surface area contributed by atoms with Crippen molar-refractivity contribution in [2.24, 2.45) is 0 Å². The lowest BCUT2D eigenvalue weighted by Crippen LogP contribution is -2.53. The van der Waals surface area contributed by atoms with E-state index < -0.39 is 6.04 Å². The van der Waals surface area contributed by atoms with Crippen LogP contribution in [0, 0.1) is 0 Å². The van der Waals surface area contributed by atoms with Gasteiger partial charge in [0.2, 0.25) is 5.91 Å². The molecule has 2 aromatic carbocycles. The normalized spacial score (nSPS) is 12.2. The molecule has 0 heterocycles. The first-order valence-corrected chi connectivity index (χ1v) is 10.9. The van der Waals surface area contributed by atoms with Gasteiger partial charge in [-0.15, -0.1) is 0 Å². The van der Waals surface area contributed by atoms with Crippen LogP contribution in [0.4, 0.5) is 0 Å². The molecule has 5 nitrogen and oxygen atoms in total. The summed E-state index contributed by atoms with van der Waals surface area (Å²) < 4.78 is 7.49. The van der Waals surface area contributed by atoms with Crippen molar-refractivity contribution in [2.75, 3.05) is 6.61 Å². The van der Waals surface area contributed by atoms with Gasteiger partial charge in [-0.2, -0.15) is 0 Å². The lowest BCUT2D eigenvalue weighted by atomic mass is 10.1. The van der Waals surface area contributed by atoms with Crippen molar-refractivity contribution in [1.29, 1.82) is 0 Å². The van der Waals surface area contributed by atoms with E-state index in [0.29, 0.717) is 12.3 Å². The topological polar surface area (TPSA) is 58.6 Å². The fourth-order valence-electron chi connectivity index (χ4n) is 2.65. The Hall–Kier alpha value is -1.86. The average Bonchev–Trinajstić information content (AvgIpc) is 2.63. The third-order valence-corrected chi connectivity index (χ3v) is 5.11. The van der Waals surface area contributed by atoms with Crippen molar-refractivity contribution in [3.8, 4) is 5.75 Å². The number of carbonyl (C=O) groups is 2. The first-order chi connectivity index (χ1) is 13.5. The largest absolute Gasteiger partial charge is 0.484 e. The maximum atomic E-state index is 13.0. The van der Waals surface area contributed by atoms with Gasteiger partial charge >= 0.3 is 0 Å². The van der Waals surface area contributed by atoms with Crippen LogP contribution in [0.1, 0.15) is 33.3 Å². The zero-order valence-corrected chi connectivity index (χ0v) is 20.2. The van der Waals surface area contributed by atoms with Crippen molar-refractivity contribution in [3.63, 3.8) is 0 Å². The summed E-state index contributed by atoms with van der Waals surface area (Å²) in [5.74, 6) is 0.129. The highest BCUT2D eigenvalue weighted by Crippen LogP contribution is 2.18. The minimum atomic E-state index is -0.644. The lowest BCUT2D eigenvalue weighted by Gasteiger charge is -2.31. The lowest BCUT2D eigenvalue weighted by molar-refractivity contribution is -0.142. The van der Waals surface area contributed by atoms with Crippen LogP contribution in [0.3, 0.4) is 0 Å². The molecule has 0 fully saturated rings. The Kier molecular flexibility index (Phi) is 8.28. The molecular weight excluding hydrogens is 500 g/mol. The summed E-state index contributed by atoms with van der Waals surface area (Å²) in [5, 5.41) is 2.94. The molecule has 0 aliphatic heterocycles. The van der Waals surface area contributed by atoms with Crippen molar-refractivity contribution in [1.82, 2.24) is 10.2 Å². The molecule has 0 radical (unpaired) electrons. The predicted octanol–water partition coefficient (Wildman–Crippen LogP) is 4.92. The van der Waals surface area contributed by atoms with Crippen LogP contribution in [0.2, 0.25) is 0 Å². The molecule has 0 aliphatic carbocycles. The molecule has 0 spiro atoms. The maximum Gasteiger partial charge on any atom is 0.261 e. The highest BCUT2D eigenvalue weighted by atomic mass is 79.9. The van der Waals surface area contributed by atoms with E-state index in [1.165, 1.54) is 0 Å². The van der Waals surface area contributed by atoms with Gasteiger partial charge in [-0.25, -0.2) is 0 Å². The minimum Gasteiger partial charge on any atom is -0.484 e. The number of ether oxygens (including phenoxy) is 1. The zero-order chi connectivity index (χ0) is 21.6. The van der Waals surface area contributed by atoms with E-state index >= 15 is 0 Å². The monoisotopic (exact) mass is 524 g/mol. The Labute approximate surface area is 189 Å². The van der Waals surface area contributed by atoms with E-state index in [1.807, 2.05) is 57.2 Å². The predicted molar refractivity (Wildman–Crippen MR) is 122 cm³/mol. The molecular formula is C22H26Br2N2O3. The van der Waals surface area contributed by atoms with Gasteiger partial charge in [0.1, 0.15) is 11.8 Å². The van der Waals surface area contributed by atoms with E-state index in [4.69, 9.17) is 4.74 Å². The summed E-state index contributed by atoms with van der Waals surface area (Å²) >= 11 is 6.82. The fraction of sp³-hybridized carbons (Fsp3) is 0.364. The SMILES string of the molecule is C[C@@H](C(=O)NC(C)(C)C)N(Cc1cccc(Br)c1)C(=O)COc1ccc(Br)cc1. The molecule has 7 heteroatoms. The van der Waals surface area contributed by atoms with Gasteiger partial charge in [-0.1, -0.05) is 44.0 Å². The second-order valence-electron chi connectivity index (χ2n) is 7.81. The molecule has 0 unspecified atom stereocenters. The Balaban J connectivity index is 2.16. The van der Waals surface area contributed by atoms with Crippen LogP contribution < -0.4 is 10.1 Å². The van der Waals surface area contributed by atoms with Crippen molar-refractivity contribution in [3.05, 3.63) is 63.0 Å². The molecule has 1 atom stereocenters. The quantitative estimate of drug-likeness (QED) is 0.558. The van der Waals surface area contributed by atoms with Gasteiger partial charge in [-0.05, 0) is 69.7 Å². The summed E-state index contributed by atoms with van der Waals surface area (Å²) in [5.41, 5.74) is 0.538. The summed E-state index contributed by atoms with van der Waals surface area (Å²) in [6, 6.07) is 14.3. The van der Waals surface area contributed by atoms with Crippen molar-refractivity contribution in [2.45, 2.75) is 45.8 Å². The third kappa shape index (κ3) is 7.82. The van der Waals surface area contributed by atoms with Crippen LogP contribution in [0.5, 0.6) is 5.75 Å². The van der Waals surface area contributed by atoms with Gasteiger partial charge in [0.15, 0.2) is 6.61 Å². The molecule has 2 rings (SSSR count). The van der Waals surface area contributed by atoms with Gasteiger partial charge in [-0.3, -0.25) is 9.59 Å². The second-order valence-corrected chi connectivity index (χ2v) is 9.64. The Morgan fingerprint density at radius 3 is 2.31 bits per heavy atom. The number of amides is 2. The number of rotatable bonds is 7. The van der Waals surface area contributed by atoms with Crippen LogP contribution in [-0.2, 0) is 16.1 Å². The van der Waals surface area contributed by atoms with Gasteiger partial charge in [0, 0.05) is 21.0 Å². The maximum absolute atomic E-state index is 13.0. The number of hydrogen-bond donors (Lipinski definition) is 1. The van der Waals surface area contributed by atoms with E-state index in [9.17, 15) is 9.59 Å². The molecule has 0 aliphatic rings. The summed E-state index contributed by atoms with van der Waals surface area (Å²) in [6.45, 7) is 7.62. The van der Waals surface area contributed by atoms with Gasteiger partial charge < -0.3 is 15.0 Å². The Bertz CT molecular complexity index is 848. The Morgan fingerprint density at radius 1 is 1.07 bits per heavy atom. The van der Waals surface area contributed by atoms with E-state index in [1.54, 1.807) is 24.0 Å². The van der Waals surface area contributed by atoms with Crippen LogP contribution >= 0.6 is 31.9 Å². The summed E-state index contributed by atoms with van der Waals surface area (Å²) in [7, 11) is 0. The van der Waals surface area contributed by atoms with Gasteiger partial charge in [0.25, 0.3) is 5.91 Å². The van der Waals surface area contributed by atoms with Crippen molar-refractivity contribution >= 4 is 43.7 Å². The molecule has 0 saturated carbocycles. The number of nitrogens with zero attached hydrogens (tertiary/aromatic N) is 1. The molecule has 0 saturated heterocycles. The van der Waals surface area contributed by atoms with Gasteiger partial charge in [0.05, 0.1) is 0 Å². The zero-order valence-electron chi connectivity index (χ0n) is 17.0. The molecule has 1 N–H and O–H groups in total. The van der Waals surface area contributed by atoms with Crippen LogP contribution in [-0.4, -0.2) is 34.9 Å².